The third-order valence-electron chi connectivity index (χ3n) is 4.16. The number of aliphatic hydroxyl groups excluding tert-OH is 1. The summed E-state index contributed by atoms with van der Waals surface area (Å²) in [5.41, 5.74) is 0.304. The Bertz CT molecular complexity index is 561. The molecule has 2 unspecified atom stereocenters. The second kappa shape index (κ2) is 8.33. The molecular formula is C18H29FN2O3. The van der Waals surface area contributed by atoms with E-state index in [0.717, 1.165) is 5.56 Å². The van der Waals surface area contributed by atoms with Crippen molar-refractivity contribution < 1.29 is 19.0 Å². The molecule has 0 bridgehead atoms. The van der Waals surface area contributed by atoms with Crippen LogP contribution in [-0.4, -0.2) is 30.9 Å². The number of urea groups is 1. The monoisotopic (exact) mass is 340 g/mol. The van der Waals surface area contributed by atoms with Gasteiger partial charge in [-0.1, -0.05) is 33.8 Å². The molecule has 0 aliphatic carbocycles. The summed E-state index contributed by atoms with van der Waals surface area (Å²) in [6, 6.07) is 3.83. The molecule has 3 N–H and O–H groups in total. The Morgan fingerprint density at radius 3 is 2.50 bits per heavy atom. The Morgan fingerprint density at radius 1 is 1.33 bits per heavy atom. The lowest BCUT2D eigenvalue weighted by atomic mass is 9.81. The van der Waals surface area contributed by atoms with Gasteiger partial charge in [0.15, 0.2) is 11.6 Å². The average Bonchev–Trinajstić information content (AvgIpc) is 2.52. The van der Waals surface area contributed by atoms with Gasteiger partial charge in [-0.05, 0) is 30.5 Å². The predicted molar refractivity (Wildman–Crippen MR) is 92.5 cm³/mol. The molecule has 0 saturated heterocycles. The number of methoxy groups -OCH3 is 1. The summed E-state index contributed by atoms with van der Waals surface area (Å²) in [5, 5.41) is 15.8. The first-order chi connectivity index (χ1) is 11.1. The largest absolute Gasteiger partial charge is 0.494 e. The number of nitrogens with one attached hydrogen (secondary N) is 2. The first-order valence-corrected chi connectivity index (χ1v) is 8.14. The van der Waals surface area contributed by atoms with Gasteiger partial charge in [-0.25, -0.2) is 9.18 Å². The highest BCUT2D eigenvalue weighted by atomic mass is 19.1. The molecule has 0 spiro atoms. The van der Waals surface area contributed by atoms with Crippen molar-refractivity contribution >= 4 is 6.03 Å². The Labute approximate surface area is 143 Å². The molecule has 2 amide bonds. The number of aliphatic hydroxyl groups is 1. The van der Waals surface area contributed by atoms with Crippen LogP contribution in [0.25, 0.3) is 0 Å². The fourth-order valence-corrected chi connectivity index (χ4v) is 2.59. The highest BCUT2D eigenvalue weighted by Gasteiger charge is 2.30. The van der Waals surface area contributed by atoms with Crippen molar-refractivity contribution in [2.75, 3.05) is 13.7 Å². The number of halogens is 1. The van der Waals surface area contributed by atoms with Crippen LogP contribution in [0.2, 0.25) is 0 Å². The maximum Gasteiger partial charge on any atom is 0.315 e. The van der Waals surface area contributed by atoms with Gasteiger partial charge in [-0.2, -0.15) is 0 Å². The molecule has 0 saturated carbocycles. The summed E-state index contributed by atoms with van der Waals surface area (Å²) in [6.07, 6.45) is -0.517. The highest BCUT2D eigenvalue weighted by Crippen LogP contribution is 2.25. The van der Waals surface area contributed by atoms with Gasteiger partial charge < -0.3 is 20.5 Å². The second-order valence-electron chi connectivity index (χ2n) is 7.12. The summed E-state index contributed by atoms with van der Waals surface area (Å²) in [7, 11) is 1.40. The van der Waals surface area contributed by atoms with Crippen molar-refractivity contribution in [2.24, 2.45) is 11.3 Å². The number of carbonyl (C=O) groups is 1. The maximum absolute atomic E-state index is 13.4. The number of hydrogen-bond acceptors (Lipinski definition) is 3. The topological polar surface area (TPSA) is 70.6 Å². The zero-order chi connectivity index (χ0) is 18.5. The van der Waals surface area contributed by atoms with E-state index in [1.54, 1.807) is 19.1 Å². The summed E-state index contributed by atoms with van der Waals surface area (Å²) < 4.78 is 18.4. The molecule has 24 heavy (non-hydrogen) atoms. The van der Waals surface area contributed by atoms with Crippen LogP contribution in [0.3, 0.4) is 0 Å². The van der Waals surface area contributed by atoms with Gasteiger partial charge in [0, 0.05) is 12.0 Å². The molecule has 0 aliphatic heterocycles. The molecule has 0 heterocycles. The van der Waals surface area contributed by atoms with Crippen LogP contribution < -0.4 is 15.4 Å². The van der Waals surface area contributed by atoms with Gasteiger partial charge in [0.05, 0.1) is 19.3 Å². The average molecular weight is 340 g/mol. The lowest BCUT2D eigenvalue weighted by molar-refractivity contribution is 0.0151. The van der Waals surface area contributed by atoms with E-state index in [1.165, 1.54) is 13.2 Å². The van der Waals surface area contributed by atoms with Gasteiger partial charge in [0.25, 0.3) is 0 Å². The Balaban J connectivity index is 2.62. The van der Waals surface area contributed by atoms with Crippen LogP contribution in [0.1, 0.15) is 46.2 Å². The standard InChI is InChI=1S/C18H29FN2O3/c1-11(2)16(22)18(4,5)10-20-17(23)21-12(3)13-7-8-14(19)15(9-13)24-6/h7-9,11-12,16,22H,10H2,1-6H3,(H2,20,21,23). The Kier molecular flexibility index (Phi) is 7.02. The van der Waals surface area contributed by atoms with E-state index in [2.05, 4.69) is 10.6 Å². The number of amides is 2. The quantitative estimate of drug-likeness (QED) is 0.714. The minimum atomic E-state index is -0.517. The third kappa shape index (κ3) is 5.37. The molecule has 0 radical (unpaired) electrons. The lowest BCUT2D eigenvalue weighted by Gasteiger charge is -2.33. The van der Waals surface area contributed by atoms with E-state index in [-0.39, 0.29) is 23.7 Å². The summed E-state index contributed by atoms with van der Waals surface area (Å²) in [4.78, 5) is 12.1. The molecule has 0 aromatic heterocycles. The van der Waals surface area contributed by atoms with Crippen molar-refractivity contribution in [1.29, 1.82) is 0 Å². The third-order valence-corrected chi connectivity index (χ3v) is 4.16. The molecular weight excluding hydrogens is 311 g/mol. The number of benzene rings is 1. The molecule has 1 aromatic rings. The van der Waals surface area contributed by atoms with Crippen molar-refractivity contribution in [3.63, 3.8) is 0 Å². The van der Waals surface area contributed by atoms with Gasteiger partial charge in [-0.15, -0.1) is 0 Å². The minimum absolute atomic E-state index is 0.107. The van der Waals surface area contributed by atoms with E-state index < -0.39 is 17.3 Å². The van der Waals surface area contributed by atoms with Gasteiger partial charge in [-0.3, -0.25) is 0 Å². The van der Waals surface area contributed by atoms with Crippen LogP contribution in [0.5, 0.6) is 5.75 Å². The van der Waals surface area contributed by atoms with E-state index in [1.807, 2.05) is 27.7 Å². The first-order valence-electron chi connectivity index (χ1n) is 8.14. The summed E-state index contributed by atoms with van der Waals surface area (Å²) in [6.45, 7) is 9.85. The van der Waals surface area contributed by atoms with Crippen LogP contribution in [-0.2, 0) is 0 Å². The number of hydrogen-bond donors (Lipinski definition) is 3. The van der Waals surface area contributed by atoms with Crippen molar-refractivity contribution in [3.05, 3.63) is 29.6 Å². The van der Waals surface area contributed by atoms with E-state index in [9.17, 15) is 14.3 Å². The van der Waals surface area contributed by atoms with Crippen molar-refractivity contribution in [3.8, 4) is 5.75 Å². The number of ether oxygens (including phenoxy) is 1. The zero-order valence-electron chi connectivity index (χ0n) is 15.3. The Morgan fingerprint density at radius 2 is 1.96 bits per heavy atom. The fourth-order valence-electron chi connectivity index (χ4n) is 2.59. The van der Waals surface area contributed by atoms with E-state index >= 15 is 0 Å². The van der Waals surface area contributed by atoms with E-state index in [4.69, 9.17) is 4.74 Å². The first kappa shape index (κ1) is 20.2. The van der Waals surface area contributed by atoms with Crippen molar-refractivity contribution in [2.45, 2.75) is 46.8 Å². The number of carbonyl (C=O) groups excluding carboxylic acids is 1. The van der Waals surface area contributed by atoms with E-state index in [0.29, 0.717) is 6.54 Å². The highest BCUT2D eigenvalue weighted by molar-refractivity contribution is 5.74. The maximum atomic E-state index is 13.4. The molecule has 136 valence electrons. The molecule has 1 aromatic carbocycles. The van der Waals surface area contributed by atoms with Gasteiger partial charge >= 0.3 is 6.03 Å². The zero-order valence-corrected chi connectivity index (χ0v) is 15.3. The second-order valence-corrected chi connectivity index (χ2v) is 7.12. The van der Waals surface area contributed by atoms with Crippen LogP contribution in [0.15, 0.2) is 18.2 Å². The molecule has 0 fully saturated rings. The summed E-state index contributed by atoms with van der Waals surface area (Å²) >= 11 is 0. The molecule has 5 nitrogen and oxygen atoms in total. The van der Waals surface area contributed by atoms with Crippen molar-refractivity contribution in [1.82, 2.24) is 10.6 Å². The fraction of sp³-hybridized carbons (Fsp3) is 0.611. The Hall–Kier alpha value is -1.82. The van der Waals surface area contributed by atoms with Crippen LogP contribution in [0, 0.1) is 17.2 Å². The SMILES string of the molecule is COc1cc(C(C)NC(=O)NCC(C)(C)C(O)C(C)C)ccc1F. The normalized spacial score (nSPS) is 14.2. The summed E-state index contributed by atoms with van der Waals surface area (Å²) in [5.74, 6) is -0.194. The lowest BCUT2D eigenvalue weighted by Crippen LogP contribution is -2.46. The molecule has 0 aliphatic rings. The minimum Gasteiger partial charge on any atom is -0.494 e. The molecule has 1 rings (SSSR count). The molecule has 6 heteroatoms. The van der Waals surface area contributed by atoms with Crippen LogP contribution >= 0.6 is 0 Å². The smallest absolute Gasteiger partial charge is 0.315 e. The number of rotatable bonds is 7. The molecule has 2 atom stereocenters. The van der Waals surface area contributed by atoms with Crippen LogP contribution in [0.4, 0.5) is 9.18 Å². The van der Waals surface area contributed by atoms with Gasteiger partial charge in [0.2, 0.25) is 0 Å². The predicted octanol–water partition coefficient (Wildman–Crippen LogP) is 3.24. The van der Waals surface area contributed by atoms with Gasteiger partial charge in [0.1, 0.15) is 0 Å².